The average molecular weight is 247 g/mol. The van der Waals surface area contributed by atoms with Crippen molar-refractivity contribution in [3.63, 3.8) is 0 Å². The van der Waals surface area contributed by atoms with Crippen molar-refractivity contribution < 1.29 is 13.9 Å². The maximum absolute atomic E-state index is 14.3. The fourth-order valence-corrected chi connectivity index (χ4v) is 2.41. The molecule has 2 heterocycles. The van der Waals surface area contributed by atoms with Crippen molar-refractivity contribution in [2.75, 3.05) is 7.11 Å². The van der Waals surface area contributed by atoms with Crippen molar-refractivity contribution in [2.24, 2.45) is 0 Å². The van der Waals surface area contributed by atoms with Gasteiger partial charge in [-0.1, -0.05) is 6.92 Å². The van der Waals surface area contributed by atoms with Crippen molar-refractivity contribution in [3.05, 3.63) is 29.7 Å². The number of halogens is 1. The molecule has 4 heteroatoms. The fourth-order valence-electron chi connectivity index (χ4n) is 2.41. The SMILES string of the molecule is CCC1Cc2c(cnc3ccc(OC)c(F)c23)O1. The summed E-state index contributed by atoms with van der Waals surface area (Å²) in [5.74, 6) is 0.596. The topological polar surface area (TPSA) is 31.4 Å². The van der Waals surface area contributed by atoms with Gasteiger partial charge in [0.2, 0.25) is 0 Å². The van der Waals surface area contributed by atoms with Crippen molar-refractivity contribution in [3.8, 4) is 11.5 Å². The van der Waals surface area contributed by atoms with Crippen LogP contribution in [0.1, 0.15) is 18.9 Å². The number of rotatable bonds is 2. The number of aromatic nitrogens is 1. The Balaban J connectivity index is 2.26. The molecule has 0 bridgehead atoms. The number of hydrogen-bond acceptors (Lipinski definition) is 3. The Hall–Kier alpha value is -1.84. The summed E-state index contributed by atoms with van der Waals surface area (Å²) in [7, 11) is 1.46. The van der Waals surface area contributed by atoms with Crippen LogP contribution in [0.25, 0.3) is 10.9 Å². The molecule has 0 saturated carbocycles. The summed E-state index contributed by atoms with van der Waals surface area (Å²) >= 11 is 0. The van der Waals surface area contributed by atoms with Crippen molar-refractivity contribution >= 4 is 10.9 Å². The number of nitrogens with zero attached hydrogens (tertiary/aromatic N) is 1. The minimum atomic E-state index is -0.347. The number of ether oxygens (including phenoxy) is 2. The highest BCUT2D eigenvalue weighted by Gasteiger charge is 2.26. The normalized spacial score (nSPS) is 17.6. The van der Waals surface area contributed by atoms with Gasteiger partial charge in [0.15, 0.2) is 11.6 Å². The zero-order valence-electron chi connectivity index (χ0n) is 10.4. The van der Waals surface area contributed by atoms with E-state index in [9.17, 15) is 4.39 Å². The summed E-state index contributed by atoms with van der Waals surface area (Å²) in [4.78, 5) is 4.24. The van der Waals surface area contributed by atoms with Gasteiger partial charge in [-0.3, -0.25) is 4.98 Å². The van der Waals surface area contributed by atoms with E-state index in [1.54, 1.807) is 18.3 Å². The third kappa shape index (κ3) is 1.52. The lowest BCUT2D eigenvalue weighted by Crippen LogP contribution is -2.10. The van der Waals surface area contributed by atoms with E-state index >= 15 is 0 Å². The highest BCUT2D eigenvalue weighted by molar-refractivity contribution is 5.86. The number of pyridine rings is 1. The zero-order valence-corrected chi connectivity index (χ0v) is 10.4. The molecule has 1 unspecified atom stereocenters. The van der Waals surface area contributed by atoms with Gasteiger partial charge in [0.1, 0.15) is 11.9 Å². The molecule has 1 aromatic heterocycles. The lowest BCUT2D eigenvalue weighted by molar-refractivity contribution is 0.227. The Bertz CT molecular complexity index is 612. The first-order valence-corrected chi connectivity index (χ1v) is 6.05. The Kier molecular flexibility index (Phi) is 2.58. The first kappa shape index (κ1) is 11.3. The van der Waals surface area contributed by atoms with Crippen molar-refractivity contribution in [1.29, 1.82) is 0 Å². The first-order valence-electron chi connectivity index (χ1n) is 6.05. The molecule has 1 aliphatic rings. The van der Waals surface area contributed by atoms with Gasteiger partial charge in [0.05, 0.1) is 18.8 Å². The molecule has 0 N–H and O–H groups in total. The van der Waals surface area contributed by atoms with E-state index in [2.05, 4.69) is 11.9 Å². The van der Waals surface area contributed by atoms with E-state index in [1.807, 2.05) is 0 Å². The molecule has 0 amide bonds. The molecule has 0 radical (unpaired) electrons. The van der Waals surface area contributed by atoms with Gasteiger partial charge < -0.3 is 9.47 Å². The van der Waals surface area contributed by atoms with Gasteiger partial charge in [0, 0.05) is 17.4 Å². The molecule has 1 aromatic carbocycles. The third-order valence-corrected chi connectivity index (χ3v) is 3.41. The molecule has 1 atom stereocenters. The van der Waals surface area contributed by atoms with E-state index in [0.717, 1.165) is 18.4 Å². The highest BCUT2D eigenvalue weighted by atomic mass is 19.1. The zero-order chi connectivity index (χ0) is 12.7. The maximum Gasteiger partial charge on any atom is 0.174 e. The van der Waals surface area contributed by atoms with Crippen LogP contribution in [0.3, 0.4) is 0 Å². The van der Waals surface area contributed by atoms with Gasteiger partial charge in [-0.15, -0.1) is 0 Å². The molecule has 0 saturated heterocycles. The summed E-state index contributed by atoms with van der Waals surface area (Å²) in [6.45, 7) is 2.06. The van der Waals surface area contributed by atoms with Gasteiger partial charge in [-0.05, 0) is 18.6 Å². The van der Waals surface area contributed by atoms with Crippen LogP contribution in [0.15, 0.2) is 18.3 Å². The highest BCUT2D eigenvalue weighted by Crippen LogP contribution is 2.37. The second kappa shape index (κ2) is 4.12. The summed E-state index contributed by atoms with van der Waals surface area (Å²) in [5, 5.41) is 0.530. The summed E-state index contributed by atoms with van der Waals surface area (Å²) < 4.78 is 25.1. The van der Waals surface area contributed by atoms with Crippen LogP contribution in [-0.2, 0) is 6.42 Å². The molecule has 18 heavy (non-hydrogen) atoms. The van der Waals surface area contributed by atoms with E-state index in [-0.39, 0.29) is 17.7 Å². The standard InChI is InChI=1S/C14H14FNO2/c1-3-8-6-9-12(18-8)7-16-10-4-5-11(17-2)14(15)13(9)10/h4-5,7-8H,3,6H2,1-2H3. The van der Waals surface area contributed by atoms with Gasteiger partial charge in [-0.2, -0.15) is 0 Å². The second-order valence-corrected chi connectivity index (χ2v) is 4.43. The van der Waals surface area contributed by atoms with E-state index < -0.39 is 0 Å². The van der Waals surface area contributed by atoms with Crippen LogP contribution >= 0.6 is 0 Å². The van der Waals surface area contributed by atoms with Gasteiger partial charge >= 0.3 is 0 Å². The van der Waals surface area contributed by atoms with Crippen molar-refractivity contribution in [2.45, 2.75) is 25.9 Å². The predicted octanol–water partition coefficient (Wildman–Crippen LogP) is 3.10. The van der Waals surface area contributed by atoms with Crippen LogP contribution in [0, 0.1) is 5.82 Å². The van der Waals surface area contributed by atoms with E-state index in [1.165, 1.54) is 7.11 Å². The predicted molar refractivity (Wildman–Crippen MR) is 66.7 cm³/mol. The lowest BCUT2D eigenvalue weighted by Gasteiger charge is -2.07. The Morgan fingerprint density at radius 2 is 2.33 bits per heavy atom. The molecular formula is C14H14FNO2. The number of benzene rings is 1. The van der Waals surface area contributed by atoms with Crippen LogP contribution in [-0.4, -0.2) is 18.2 Å². The molecule has 3 rings (SSSR count). The van der Waals surface area contributed by atoms with Gasteiger partial charge in [0.25, 0.3) is 0 Å². The van der Waals surface area contributed by atoms with Crippen molar-refractivity contribution in [1.82, 2.24) is 4.98 Å². The lowest BCUT2D eigenvalue weighted by atomic mass is 10.0. The fraction of sp³-hybridized carbons (Fsp3) is 0.357. The molecule has 0 spiro atoms. The molecule has 0 aliphatic carbocycles. The first-order chi connectivity index (χ1) is 8.74. The summed E-state index contributed by atoms with van der Waals surface area (Å²) in [5.41, 5.74) is 1.55. The van der Waals surface area contributed by atoms with Gasteiger partial charge in [-0.25, -0.2) is 4.39 Å². The molecule has 2 aromatic rings. The Morgan fingerprint density at radius 3 is 3.06 bits per heavy atom. The minimum absolute atomic E-state index is 0.123. The van der Waals surface area contributed by atoms with Crippen LogP contribution in [0.4, 0.5) is 4.39 Å². The molecule has 1 aliphatic heterocycles. The molecule has 94 valence electrons. The number of hydrogen-bond donors (Lipinski definition) is 0. The quantitative estimate of drug-likeness (QED) is 0.817. The number of methoxy groups -OCH3 is 1. The summed E-state index contributed by atoms with van der Waals surface area (Å²) in [6, 6.07) is 3.38. The van der Waals surface area contributed by atoms with Crippen LogP contribution in [0.5, 0.6) is 11.5 Å². The molecule has 3 nitrogen and oxygen atoms in total. The smallest absolute Gasteiger partial charge is 0.174 e. The maximum atomic E-state index is 14.3. The Labute approximate surface area is 105 Å². The van der Waals surface area contributed by atoms with Crippen LogP contribution in [0.2, 0.25) is 0 Å². The van der Waals surface area contributed by atoms with Crippen LogP contribution < -0.4 is 9.47 Å². The third-order valence-electron chi connectivity index (χ3n) is 3.41. The monoisotopic (exact) mass is 247 g/mol. The largest absolute Gasteiger partial charge is 0.494 e. The molecular weight excluding hydrogens is 233 g/mol. The summed E-state index contributed by atoms with van der Waals surface area (Å²) in [6.07, 6.45) is 3.44. The van der Waals surface area contributed by atoms with E-state index in [0.29, 0.717) is 16.7 Å². The van der Waals surface area contributed by atoms with E-state index in [4.69, 9.17) is 9.47 Å². The minimum Gasteiger partial charge on any atom is -0.494 e. The average Bonchev–Trinajstić information content (AvgIpc) is 2.82. The second-order valence-electron chi connectivity index (χ2n) is 4.43. The number of fused-ring (bicyclic) bond motifs is 3. The molecule has 0 fully saturated rings. The Morgan fingerprint density at radius 1 is 1.50 bits per heavy atom.